The Balaban J connectivity index is 2.79. The summed E-state index contributed by atoms with van der Waals surface area (Å²) >= 11 is 0. The van der Waals surface area contributed by atoms with Gasteiger partial charge in [0.1, 0.15) is 0 Å². The van der Waals surface area contributed by atoms with Gasteiger partial charge in [-0.05, 0) is 6.42 Å². The fraction of sp³-hybridized carbons (Fsp3) is 0.750. The van der Waals surface area contributed by atoms with Gasteiger partial charge in [0.15, 0.2) is 0 Å². The van der Waals surface area contributed by atoms with Crippen LogP contribution in [-0.4, -0.2) is 6.61 Å². The van der Waals surface area contributed by atoms with Gasteiger partial charge in [-0.3, -0.25) is 0 Å². The summed E-state index contributed by atoms with van der Waals surface area (Å²) in [4.78, 5) is 0. The van der Waals surface area contributed by atoms with Crippen LogP contribution in [0.3, 0.4) is 0 Å². The fourth-order valence-electron chi connectivity index (χ4n) is 1.23. The topological polar surface area (TPSA) is 9.23 Å². The van der Waals surface area contributed by atoms with Gasteiger partial charge in [0.05, 0.1) is 13.2 Å². The van der Waals surface area contributed by atoms with E-state index in [1.54, 1.807) is 6.08 Å². The molecule has 1 radical (unpaired) electrons. The fourth-order valence-corrected chi connectivity index (χ4v) is 1.23. The molecule has 1 nitrogen and oxygen atoms in total. The Morgan fingerprint density at radius 1 is 1.08 bits per heavy atom. The minimum absolute atomic E-state index is 0.649. The van der Waals surface area contributed by atoms with Crippen molar-refractivity contribution in [2.45, 2.75) is 51.9 Å². The molecule has 0 aromatic heterocycles. The molecule has 0 bridgehead atoms. The molecular formula is C12H23O. The van der Waals surface area contributed by atoms with Gasteiger partial charge in [0, 0.05) is 0 Å². The lowest BCUT2D eigenvalue weighted by atomic mass is 10.1. The van der Waals surface area contributed by atoms with Crippen LogP contribution in [0.15, 0.2) is 12.7 Å². The normalized spacial score (nSPS) is 10.2. The van der Waals surface area contributed by atoms with Gasteiger partial charge in [-0.25, -0.2) is 0 Å². The average molecular weight is 183 g/mol. The second-order valence-electron chi connectivity index (χ2n) is 3.35. The van der Waals surface area contributed by atoms with Gasteiger partial charge in [-0.15, -0.1) is 6.58 Å². The molecule has 0 aliphatic heterocycles. The van der Waals surface area contributed by atoms with Crippen molar-refractivity contribution in [2.24, 2.45) is 0 Å². The second-order valence-corrected chi connectivity index (χ2v) is 3.35. The van der Waals surface area contributed by atoms with Crippen molar-refractivity contribution in [1.82, 2.24) is 0 Å². The van der Waals surface area contributed by atoms with Crippen LogP contribution >= 0.6 is 0 Å². The van der Waals surface area contributed by atoms with Crippen molar-refractivity contribution in [3.8, 4) is 0 Å². The number of unbranched alkanes of at least 4 members (excludes halogenated alkanes) is 6. The summed E-state index contributed by atoms with van der Waals surface area (Å²) in [7, 11) is 0. The van der Waals surface area contributed by atoms with Crippen LogP contribution < -0.4 is 0 Å². The summed E-state index contributed by atoms with van der Waals surface area (Å²) in [6, 6.07) is 0. The second kappa shape index (κ2) is 11.7. The standard InChI is InChI=1S/C12H23O/c1-3-5-6-7-8-9-10-12-13-11-4-2/h4,12H,2-3,5-11H2,1H3. The van der Waals surface area contributed by atoms with Crippen LogP contribution in [0.5, 0.6) is 0 Å². The van der Waals surface area contributed by atoms with E-state index in [0.717, 1.165) is 6.42 Å². The highest BCUT2D eigenvalue weighted by Gasteiger charge is 1.90. The first-order chi connectivity index (χ1) is 6.41. The van der Waals surface area contributed by atoms with E-state index in [2.05, 4.69) is 13.5 Å². The first kappa shape index (κ1) is 12.7. The van der Waals surface area contributed by atoms with Gasteiger partial charge in [-0.2, -0.15) is 0 Å². The SMILES string of the molecule is C=CCO[CH]CCCCCCCC. The van der Waals surface area contributed by atoms with Crippen molar-refractivity contribution < 1.29 is 4.74 Å². The maximum Gasteiger partial charge on any atom is 0.0841 e. The lowest BCUT2D eigenvalue weighted by molar-refractivity contribution is 0.222. The van der Waals surface area contributed by atoms with Crippen LogP contribution in [0, 0.1) is 6.61 Å². The Hall–Kier alpha value is -0.300. The Kier molecular flexibility index (Phi) is 11.4. The Labute approximate surface area is 83.2 Å². The van der Waals surface area contributed by atoms with E-state index in [1.807, 2.05) is 6.61 Å². The molecule has 0 saturated heterocycles. The zero-order chi connectivity index (χ0) is 9.78. The van der Waals surface area contributed by atoms with E-state index in [0.29, 0.717) is 6.61 Å². The van der Waals surface area contributed by atoms with Crippen molar-refractivity contribution in [2.75, 3.05) is 6.61 Å². The minimum atomic E-state index is 0.649. The van der Waals surface area contributed by atoms with Crippen LogP contribution in [0.25, 0.3) is 0 Å². The smallest absolute Gasteiger partial charge is 0.0841 e. The molecule has 0 aliphatic carbocycles. The summed E-state index contributed by atoms with van der Waals surface area (Å²) in [6.07, 6.45) is 10.9. The van der Waals surface area contributed by atoms with E-state index in [4.69, 9.17) is 4.74 Å². The molecule has 0 atom stereocenters. The molecule has 0 unspecified atom stereocenters. The largest absolute Gasteiger partial charge is 0.371 e. The first-order valence-electron chi connectivity index (χ1n) is 5.46. The van der Waals surface area contributed by atoms with Gasteiger partial charge < -0.3 is 4.74 Å². The van der Waals surface area contributed by atoms with Crippen molar-refractivity contribution in [3.05, 3.63) is 19.3 Å². The molecule has 0 amide bonds. The van der Waals surface area contributed by atoms with E-state index < -0.39 is 0 Å². The monoisotopic (exact) mass is 183 g/mol. The molecule has 0 heterocycles. The van der Waals surface area contributed by atoms with Crippen molar-refractivity contribution in [1.29, 1.82) is 0 Å². The van der Waals surface area contributed by atoms with Gasteiger partial charge in [0.25, 0.3) is 0 Å². The van der Waals surface area contributed by atoms with Crippen molar-refractivity contribution in [3.63, 3.8) is 0 Å². The highest BCUT2D eigenvalue weighted by atomic mass is 16.5. The molecule has 0 aliphatic rings. The predicted molar refractivity (Wildman–Crippen MR) is 58.4 cm³/mol. The predicted octanol–water partition coefficient (Wildman–Crippen LogP) is 4.10. The molecule has 0 spiro atoms. The van der Waals surface area contributed by atoms with Gasteiger partial charge in [-0.1, -0.05) is 51.5 Å². The molecule has 77 valence electrons. The van der Waals surface area contributed by atoms with Crippen molar-refractivity contribution >= 4 is 0 Å². The molecule has 1 heteroatoms. The molecule has 13 heavy (non-hydrogen) atoms. The maximum atomic E-state index is 5.17. The zero-order valence-electron chi connectivity index (χ0n) is 8.93. The van der Waals surface area contributed by atoms with E-state index in [-0.39, 0.29) is 0 Å². The van der Waals surface area contributed by atoms with E-state index in [9.17, 15) is 0 Å². The number of hydrogen-bond acceptors (Lipinski definition) is 1. The molecular weight excluding hydrogens is 160 g/mol. The molecule has 0 N–H and O–H groups in total. The quantitative estimate of drug-likeness (QED) is 0.366. The third-order valence-corrected chi connectivity index (χ3v) is 2.01. The summed E-state index contributed by atoms with van der Waals surface area (Å²) in [5.74, 6) is 0. The summed E-state index contributed by atoms with van der Waals surface area (Å²) in [5, 5.41) is 0. The third kappa shape index (κ3) is 11.7. The number of rotatable bonds is 10. The molecule has 0 aromatic carbocycles. The van der Waals surface area contributed by atoms with Crippen LogP contribution in [0.1, 0.15) is 51.9 Å². The first-order valence-corrected chi connectivity index (χ1v) is 5.46. The van der Waals surface area contributed by atoms with Gasteiger partial charge >= 0.3 is 0 Å². The van der Waals surface area contributed by atoms with Crippen LogP contribution in [-0.2, 0) is 4.74 Å². The minimum Gasteiger partial charge on any atom is -0.371 e. The lowest BCUT2D eigenvalue weighted by Gasteiger charge is -2.00. The molecule has 0 rings (SSSR count). The maximum absolute atomic E-state index is 5.17. The molecule has 0 aromatic rings. The lowest BCUT2D eigenvalue weighted by Crippen LogP contribution is -1.87. The van der Waals surface area contributed by atoms with E-state index in [1.165, 1.54) is 38.5 Å². The Bertz CT molecular complexity index is 99.3. The number of hydrogen-bond donors (Lipinski definition) is 0. The van der Waals surface area contributed by atoms with E-state index >= 15 is 0 Å². The number of ether oxygens (including phenoxy) is 1. The zero-order valence-corrected chi connectivity index (χ0v) is 8.93. The summed E-state index contributed by atoms with van der Waals surface area (Å²) in [5.41, 5.74) is 0. The Morgan fingerprint density at radius 3 is 2.46 bits per heavy atom. The summed E-state index contributed by atoms with van der Waals surface area (Å²) < 4.78 is 5.17. The molecule has 0 fully saturated rings. The highest BCUT2D eigenvalue weighted by Crippen LogP contribution is 2.07. The summed E-state index contributed by atoms with van der Waals surface area (Å²) in [6.45, 7) is 8.38. The Morgan fingerprint density at radius 2 is 1.77 bits per heavy atom. The van der Waals surface area contributed by atoms with Crippen LogP contribution in [0.4, 0.5) is 0 Å². The third-order valence-electron chi connectivity index (χ3n) is 2.01. The van der Waals surface area contributed by atoms with Gasteiger partial charge in [0.2, 0.25) is 0 Å². The average Bonchev–Trinajstić information content (AvgIpc) is 2.16. The van der Waals surface area contributed by atoms with Crippen LogP contribution in [0.2, 0.25) is 0 Å². The molecule has 0 saturated carbocycles. The highest BCUT2D eigenvalue weighted by molar-refractivity contribution is 4.65.